The van der Waals surface area contributed by atoms with Gasteiger partial charge in [0.2, 0.25) is 0 Å². The van der Waals surface area contributed by atoms with E-state index in [1.807, 2.05) is 0 Å². The first kappa shape index (κ1) is 11.1. The van der Waals surface area contributed by atoms with Crippen LogP contribution < -0.4 is 0 Å². The Morgan fingerprint density at radius 2 is 1.00 bits per heavy atom. The van der Waals surface area contributed by atoms with Crippen LogP contribution >= 0.6 is 0 Å². The summed E-state index contributed by atoms with van der Waals surface area (Å²) in [7, 11) is 0. The Bertz CT molecular complexity index is 103. The van der Waals surface area contributed by atoms with Gasteiger partial charge in [0.25, 0.3) is 0 Å². The molecule has 0 bridgehead atoms. The highest BCUT2D eigenvalue weighted by Crippen LogP contribution is 2.24. The Morgan fingerprint density at radius 3 is 1.46 bits per heavy atom. The minimum atomic E-state index is 0.980. The fourth-order valence-electron chi connectivity index (χ4n) is 2.62. The minimum Gasteiger partial charge on any atom is -0.0625 e. The molecule has 0 saturated heterocycles. The van der Waals surface area contributed by atoms with Gasteiger partial charge in [-0.1, -0.05) is 65.2 Å². The quantitative estimate of drug-likeness (QED) is 0.505. The van der Waals surface area contributed by atoms with Gasteiger partial charge in [-0.2, -0.15) is 0 Å². The second-order valence-electron chi connectivity index (χ2n) is 5.14. The summed E-state index contributed by atoms with van der Waals surface area (Å²) in [4.78, 5) is 0. The Morgan fingerprint density at radius 1 is 0.615 bits per heavy atom. The third-order valence-corrected chi connectivity index (χ3v) is 3.45. The maximum atomic E-state index is 2.44. The van der Waals surface area contributed by atoms with Crippen molar-refractivity contribution in [2.24, 2.45) is 11.8 Å². The summed E-state index contributed by atoms with van der Waals surface area (Å²) >= 11 is 0. The molecule has 1 rings (SSSR count). The van der Waals surface area contributed by atoms with E-state index in [4.69, 9.17) is 0 Å². The lowest BCUT2D eigenvalue weighted by Crippen LogP contribution is -2.02. The molecule has 13 heavy (non-hydrogen) atoms. The van der Waals surface area contributed by atoms with Crippen LogP contribution in [-0.2, 0) is 0 Å². The van der Waals surface area contributed by atoms with E-state index in [0.29, 0.717) is 0 Å². The highest BCUT2D eigenvalue weighted by molar-refractivity contribution is 4.62. The van der Waals surface area contributed by atoms with Crippen molar-refractivity contribution in [3.05, 3.63) is 0 Å². The molecule has 0 nitrogen and oxygen atoms in total. The maximum Gasteiger partial charge on any atom is -0.0440 e. The van der Waals surface area contributed by atoms with Gasteiger partial charge in [-0.25, -0.2) is 0 Å². The summed E-state index contributed by atoms with van der Waals surface area (Å²) in [6, 6.07) is 0. The monoisotopic (exact) mass is 182 g/mol. The highest BCUT2D eigenvalue weighted by atomic mass is 14.2. The molecule has 1 saturated carbocycles. The molecule has 0 radical (unpaired) electrons. The second kappa shape index (κ2) is 6.45. The van der Waals surface area contributed by atoms with Gasteiger partial charge in [0.05, 0.1) is 0 Å². The fraction of sp³-hybridized carbons (Fsp3) is 1.00. The van der Waals surface area contributed by atoms with Gasteiger partial charge >= 0.3 is 0 Å². The molecule has 1 aliphatic carbocycles. The predicted octanol–water partition coefficient (Wildman–Crippen LogP) is 4.78. The molecule has 1 fully saturated rings. The third-order valence-electron chi connectivity index (χ3n) is 3.45. The zero-order chi connectivity index (χ0) is 9.52. The van der Waals surface area contributed by atoms with Crippen molar-refractivity contribution >= 4 is 0 Å². The molecule has 0 N–H and O–H groups in total. The molecule has 0 heterocycles. The first-order valence-corrected chi connectivity index (χ1v) is 6.29. The van der Waals surface area contributed by atoms with Gasteiger partial charge in [-0.3, -0.25) is 0 Å². The largest absolute Gasteiger partial charge is 0.0625 e. The molecule has 2 atom stereocenters. The van der Waals surface area contributed by atoms with Crippen molar-refractivity contribution in [3.63, 3.8) is 0 Å². The van der Waals surface area contributed by atoms with E-state index in [0.717, 1.165) is 11.8 Å². The Balaban J connectivity index is 2.25. The van der Waals surface area contributed by atoms with Crippen LogP contribution in [0, 0.1) is 11.8 Å². The lowest BCUT2D eigenvalue weighted by atomic mass is 9.90. The van der Waals surface area contributed by atoms with Crippen LogP contribution in [-0.4, -0.2) is 0 Å². The number of hydrogen-bond acceptors (Lipinski definition) is 0. The van der Waals surface area contributed by atoms with Gasteiger partial charge in [0.15, 0.2) is 0 Å². The summed E-state index contributed by atoms with van der Waals surface area (Å²) < 4.78 is 0. The molecule has 0 aliphatic heterocycles. The molecular weight excluding hydrogens is 156 g/mol. The van der Waals surface area contributed by atoms with E-state index in [1.54, 1.807) is 0 Å². The van der Waals surface area contributed by atoms with Crippen LogP contribution in [0.25, 0.3) is 0 Å². The average Bonchev–Trinajstić information content (AvgIpc) is 2.11. The summed E-state index contributed by atoms with van der Waals surface area (Å²) in [6.07, 6.45) is 13.3. The topological polar surface area (TPSA) is 0 Å². The molecule has 0 aromatic carbocycles. The zero-order valence-corrected chi connectivity index (χ0v) is 9.52. The normalized spacial score (nSPS) is 33.7. The van der Waals surface area contributed by atoms with E-state index in [1.165, 1.54) is 57.8 Å². The molecule has 1 aliphatic rings. The molecule has 0 aromatic rings. The van der Waals surface area contributed by atoms with Crippen LogP contribution in [0.2, 0.25) is 0 Å². The Kier molecular flexibility index (Phi) is 5.50. The van der Waals surface area contributed by atoms with Gasteiger partial charge in [-0.05, 0) is 18.3 Å². The van der Waals surface area contributed by atoms with Crippen LogP contribution in [0.3, 0.4) is 0 Å². The van der Waals surface area contributed by atoms with E-state index in [9.17, 15) is 0 Å². The van der Waals surface area contributed by atoms with Crippen molar-refractivity contribution in [3.8, 4) is 0 Å². The number of hydrogen-bond donors (Lipinski definition) is 0. The lowest BCUT2D eigenvalue weighted by molar-refractivity contribution is 0.367. The SMILES string of the molecule is CC1CCCCCCCCC(C)C1. The molecule has 0 amide bonds. The van der Waals surface area contributed by atoms with E-state index < -0.39 is 0 Å². The molecule has 0 aromatic heterocycles. The van der Waals surface area contributed by atoms with E-state index in [-0.39, 0.29) is 0 Å². The van der Waals surface area contributed by atoms with Gasteiger partial charge in [0, 0.05) is 0 Å². The summed E-state index contributed by atoms with van der Waals surface area (Å²) in [5, 5.41) is 0. The maximum absolute atomic E-state index is 2.44. The first-order valence-electron chi connectivity index (χ1n) is 6.29. The van der Waals surface area contributed by atoms with E-state index >= 15 is 0 Å². The summed E-state index contributed by atoms with van der Waals surface area (Å²) in [5.41, 5.74) is 0. The molecule has 0 heteroatoms. The van der Waals surface area contributed by atoms with Gasteiger partial charge < -0.3 is 0 Å². The van der Waals surface area contributed by atoms with Crippen molar-refractivity contribution < 1.29 is 0 Å². The first-order chi connectivity index (χ1) is 6.29. The molecule has 2 unspecified atom stereocenters. The smallest absolute Gasteiger partial charge is 0.0440 e. The summed E-state index contributed by atoms with van der Waals surface area (Å²) in [6.45, 7) is 4.88. The van der Waals surface area contributed by atoms with Crippen LogP contribution in [0.4, 0.5) is 0 Å². The minimum absolute atomic E-state index is 0.980. The van der Waals surface area contributed by atoms with E-state index in [2.05, 4.69) is 13.8 Å². The second-order valence-corrected chi connectivity index (χ2v) is 5.14. The van der Waals surface area contributed by atoms with Gasteiger partial charge in [0.1, 0.15) is 0 Å². The van der Waals surface area contributed by atoms with Crippen molar-refractivity contribution in [2.45, 2.75) is 71.6 Å². The third kappa shape index (κ3) is 5.33. The highest BCUT2D eigenvalue weighted by Gasteiger charge is 2.09. The van der Waals surface area contributed by atoms with Crippen molar-refractivity contribution in [1.29, 1.82) is 0 Å². The molecular formula is C13H26. The van der Waals surface area contributed by atoms with Crippen LogP contribution in [0.15, 0.2) is 0 Å². The predicted molar refractivity (Wildman–Crippen MR) is 59.9 cm³/mol. The molecule has 78 valence electrons. The lowest BCUT2D eigenvalue weighted by Gasteiger charge is -2.16. The van der Waals surface area contributed by atoms with Crippen LogP contribution in [0.5, 0.6) is 0 Å². The average molecular weight is 182 g/mol. The Labute approximate surface area is 84.1 Å². The van der Waals surface area contributed by atoms with Crippen molar-refractivity contribution in [2.75, 3.05) is 0 Å². The molecule has 0 spiro atoms. The summed E-state index contributed by atoms with van der Waals surface area (Å²) in [5.74, 6) is 1.96. The van der Waals surface area contributed by atoms with Crippen LogP contribution in [0.1, 0.15) is 71.6 Å². The zero-order valence-electron chi connectivity index (χ0n) is 9.52. The standard InChI is InChI=1S/C13H26/c1-12-9-7-5-3-4-6-8-10-13(2)11-12/h12-13H,3-11H2,1-2H3. The Hall–Kier alpha value is 0. The van der Waals surface area contributed by atoms with Gasteiger partial charge in [-0.15, -0.1) is 0 Å². The fourth-order valence-corrected chi connectivity index (χ4v) is 2.62. The number of rotatable bonds is 0. The van der Waals surface area contributed by atoms with Crippen molar-refractivity contribution in [1.82, 2.24) is 0 Å².